The Morgan fingerprint density at radius 3 is 2.59 bits per heavy atom. The number of piperazine rings is 1. The van der Waals surface area contributed by atoms with Crippen molar-refractivity contribution in [1.82, 2.24) is 19.4 Å². The first-order chi connectivity index (χ1) is 18.1. The van der Waals surface area contributed by atoms with Gasteiger partial charge in [0.05, 0.1) is 16.8 Å². The molecule has 0 N–H and O–H groups in total. The van der Waals surface area contributed by atoms with Gasteiger partial charge in [-0.15, -0.1) is 0 Å². The third-order valence-corrected chi connectivity index (χ3v) is 7.66. The van der Waals surface area contributed by atoms with Crippen molar-refractivity contribution in [2.45, 2.75) is 39.3 Å². The standard InChI is InChI=1S/C30H29N5O2/c1-21-32-18-26-20-33-11-13-34(14-12-33)30(36)28-16-27(10-9-24(28)7-5-22-3-2-4-22)37-29-15-23(19-35(21)26)6-8-25(29)17-31/h6,8-10,15-16,18,22H,2-4,11-14,19-20H2,1H3. The van der Waals surface area contributed by atoms with Gasteiger partial charge in [0.2, 0.25) is 0 Å². The highest BCUT2D eigenvalue weighted by atomic mass is 16.5. The van der Waals surface area contributed by atoms with Crippen molar-refractivity contribution >= 4 is 5.91 Å². The van der Waals surface area contributed by atoms with Gasteiger partial charge in [0.15, 0.2) is 0 Å². The number of carbonyl (C=O) groups excluding carboxylic acids is 1. The summed E-state index contributed by atoms with van der Waals surface area (Å²) in [7, 11) is 0. The molecular formula is C30H29N5O2. The number of imidazole rings is 1. The highest BCUT2D eigenvalue weighted by Gasteiger charge is 2.26. The first-order valence-corrected chi connectivity index (χ1v) is 13.0. The van der Waals surface area contributed by atoms with Crippen LogP contribution in [-0.2, 0) is 13.1 Å². The van der Waals surface area contributed by atoms with Crippen molar-refractivity contribution in [2.75, 3.05) is 26.2 Å². The van der Waals surface area contributed by atoms with Crippen molar-refractivity contribution in [2.24, 2.45) is 5.92 Å². The van der Waals surface area contributed by atoms with Gasteiger partial charge in [-0.1, -0.05) is 24.3 Å². The van der Waals surface area contributed by atoms with Crippen LogP contribution in [0.15, 0.2) is 42.6 Å². The summed E-state index contributed by atoms with van der Waals surface area (Å²) in [5.41, 5.74) is 3.90. The Morgan fingerprint density at radius 1 is 1.03 bits per heavy atom. The third kappa shape index (κ3) is 4.71. The van der Waals surface area contributed by atoms with Gasteiger partial charge in [0.1, 0.15) is 23.4 Å². The lowest BCUT2D eigenvalue weighted by molar-refractivity contribution is 0.0625. The van der Waals surface area contributed by atoms with E-state index in [9.17, 15) is 10.1 Å². The zero-order chi connectivity index (χ0) is 25.4. The summed E-state index contributed by atoms with van der Waals surface area (Å²) in [6, 6.07) is 13.4. The number of nitrogens with zero attached hydrogens (tertiary/aromatic N) is 5. The molecule has 0 atom stereocenters. The molecule has 0 radical (unpaired) electrons. The highest BCUT2D eigenvalue weighted by Crippen LogP contribution is 2.30. The molecule has 1 aliphatic carbocycles. The van der Waals surface area contributed by atoms with Gasteiger partial charge in [-0.05, 0) is 55.7 Å². The van der Waals surface area contributed by atoms with Crippen LogP contribution >= 0.6 is 0 Å². The van der Waals surface area contributed by atoms with Crippen LogP contribution in [0.3, 0.4) is 0 Å². The van der Waals surface area contributed by atoms with Crippen molar-refractivity contribution in [3.63, 3.8) is 0 Å². The molecule has 3 aromatic rings. The van der Waals surface area contributed by atoms with Crippen molar-refractivity contribution in [1.29, 1.82) is 5.26 Å². The smallest absolute Gasteiger partial charge is 0.255 e. The summed E-state index contributed by atoms with van der Waals surface area (Å²) < 4.78 is 8.46. The minimum atomic E-state index is -0.0229. The van der Waals surface area contributed by atoms with E-state index in [0.717, 1.165) is 55.1 Å². The second kappa shape index (κ2) is 9.76. The number of aryl methyl sites for hydroxylation is 1. The van der Waals surface area contributed by atoms with E-state index in [1.54, 1.807) is 12.1 Å². The van der Waals surface area contributed by atoms with E-state index in [1.807, 2.05) is 42.3 Å². The Bertz CT molecular complexity index is 1460. The molecule has 2 aromatic carbocycles. The second-order valence-electron chi connectivity index (χ2n) is 10.1. The molecule has 3 aliphatic heterocycles. The molecule has 1 aromatic heterocycles. The Morgan fingerprint density at radius 2 is 1.84 bits per heavy atom. The predicted molar refractivity (Wildman–Crippen MR) is 139 cm³/mol. The normalized spacial score (nSPS) is 17.7. The summed E-state index contributed by atoms with van der Waals surface area (Å²) in [5, 5.41) is 9.73. The average Bonchev–Trinajstić information content (AvgIpc) is 3.22. The molecular weight excluding hydrogens is 462 g/mol. The van der Waals surface area contributed by atoms with Crippen LogP contribution in [-0.4, -0.2) is 51.4 Å². The van der Waals surface area contributed by atoms with Gasteiger partial charge < -0.3 is 14.2 Å². The van der Waals surface area contributed by atoms with E-state index in [4.69, 9.17) is 4.74 Å². The quantitative estimate of drug-likeness (QED) is 0.438. The number of carbonyl (C=O) groups is 1. The number of hydrogen-bond acceptors (Lipinski definition) is 5. The van der Waals surface area contributed by atoms with Crippen LogP contribution in [0, 0.1) is 36.0 Å². The van der Waals surface area contributed by atoms with E-state index in [2.05, 4.69) is 32.4 Å². The van der Waals surface area contributed by atoms with Crippen LogP contribution in [0.5, 0.6) is 11.5 Å². The molecule has 4 heterocycles. The van der Waals surface area contributed by atoms with E-state index in [-0.39, 0.29) is 5.91 Å². The van der Waals surface area contributed by atoms with Crippen LogP contribution in [0.1, 0.15) is 57.8 Å². The van der Waals surface area contributed by atoms with Gasteiger partial charge in [-0.2, -0.15) is 5.26 Å². The molecule has 0 spiro atoms. The number of hydrogen-bond donors (Lipinski definition) is 0. The minimum absolute atomic E-state index is 0.0229. The monoisotopic (exact) mass is 491 g/mol. The summed E-state index contributed by atoms with van der Waals surface area (Å²) >= 11 is 0. The third-order valence-electron chi connectivity index (χ3n) is 7.66. The maximum absolute atomic E-state index is 13.7. The number of benzene rings is 2. The lowest BCUT2D eigenvalue weighted by Gasteiger charge is -2.35. The first kappa shape index (κ1) is 23.3. The second-order valence-corrected chi connectivity index (χ2v) is 10.1. The Balaban J connectivity index is 1.43. The number of amides is 1. The van der Waals surface area contributed by atoms with Gasteiger partial charge in [0.25, 0.3) is 5.91 Å². The number of nitriles is 1. The molecule has 37 heavy (non-hydrogen) atoms. The highest BCUT2D eigenvalue weighted by molar-refractivity contribution is 5.97. The average molecular weight is 492 g/mol. The van der Waals surface area contributed by atoms with Crippen LogP contribution in [0.25, 0.3) is 0 Å². The van der Waals surface area contributed by atoms with Crippen molar-refractivity contribution in [3.8, 4) is 29.4 Å². The molecule has 1 saturated carbocycles. The molecule has 186 valence electrons. The predicted octanol–water partition coefficient (Wildman–Crippen LogP) is 4.33. The molecule has 6 bridgehead atoms. The van der Waals surface area contributed by atoms with Crippen LogP contribution in [0.4, 0.5) is 0 Å². The molecule has 2 fully saturated rings. The number of ether oxygens (including phenoxy) is 1. The molecule has 4 aliphatic rings. The van der Waals surface area contributed by atoms with E-state index >= 15 is 0 Å². The van der Waals surface area contributed by atoms with Gasteiger partial charge in [-0.25, -0.2) is 4.98 Å². The molecule has 7 nitrogen and oxygen atoms in total. The Kier molecular flexibility index (Phi) is 6.16. The fourth-order valence-electron chi connectivity index (χ4n) is 5.12. The minimum Gasteiger partial charge on any atom is -0.456 e. The molecule has 1 saturated heterocycles. The topological polar surface area (TPSA) is 74.4 Å². The largest absolute Gasteiger partial charge is 0.456 e. The summed E-state index contributed by atoms with van der Waals surface area (Å²) in [6.07, 6.45) is 5.42. The zero-order valence-corrected chi connectivity index (χ0v) is 21.0. The summed E-state index contributed by atoms with van der Waals surface area (Å²) in [4.78, 5) is 22.6. The molecule has 1 amide bonds. The van der Waals surface area contributed by atoms with Gasteiger partial charge in [-0.3, -0.25) is 9.69 Å². The molecule has 7 heteroatoms. The van der Waals surface area contributed by atoms with Gasteiger partial charge in [0, 0.05) is 56.9 Å². The van der Waals surface area contributed by atoms with Crippen LogP contribution < -0.4 is 4.74 Å². The molecule has 0 unspecified atom stereocenters. The summed E-state index contributed by atoms with van der Waals surface area (Å²) in [5.74, 6) is 8.98. The number of fused-ring (bicyclic) bond motifs is 2. The first-order valence-electron chi connectivity index (χ1n) is 13.0. The Hall–Kier alpha value is -4.07. The lowest BCUT2D eigenvalue weighted by atomic mass is 9.86. The van der Waals surface area contributed by atoms with E-state index in [1.165, 1.54) is 6.42 Å². The fraction of sp³-hybridized carbons (Fsp3) is 0.367. The van der Waals surface area contributed by atoms with Crippen LogP contribution in [0.2, 0.25) is 0 Å². The number of aromatic nitrogens is 2. The maximum atomic E-state index is 13.7. The van der Waals surface area contributed by atoms with E-state index < -0.39 is 0 Å². The number of rotatable bonds is 0. The van der Waals surface area contributed by atoms with Crippen molar-refractivity contribution < 1.29 is 9.53 Å². The maximum Gasteiger partial charge on any atom is 0.255 e. The van der Waals surface area contributed by atoms with E-state index in [0.29, 0.717) is 48.2 Å². The summed E-state index contributed by atoms with van der Waals surface area (Å²) in [6.45, 7) is 6.34. The lowest BCUT2D eigenvalue weighted by Crippen LogP contribution is -2.48. The Labute approximate surface area is 217 Å². The fourth-order valence-corrected chi connectivity index (χ4v) is 5.12. The SMILES string of the molecule is Cc1ncc2n1Cc1ccc(C#N)c(c1)Oc1ccc(C#CC3CCC3)c(c1)C(=O)N1CCN(CC1)C2. The van der Waals surface area contributed by atoms with Gasteiger partial charge >= 0.3 is 0 Å². The van der Waals surface area contributed by atoms with Crippen molar-refractivity contribution in [3.05, 3.63) is 76.4 Å². The zero-order valence-electron chi connectivity index (χ0n) is 21.0. The molecule has 7 rings (SSSR count).